The van der Waals surface area contributed by atoms with Gasteiger partial charge in [0.25, 0.3) is 0 Å². The van der Waals surface area contributed by atoms with Crippen molar-refractivity contribution >= 4 is 17.7 Å². The van der Waals surface area contributed by atoms with Gasteiger partial charge in [0.1, 0.15) is 12.7 Å². The number of amides is 3. The molecule has 0 aromatic carbocycles. The van der Waals surface area contributed by atoms with E-state index in [1.165, 1.54) is 270 Å². The highest BCUT2D eigenvalue weighted by Gasteiger charge is 2.23. The Balaban J connectivity index is 4.30. The van der Waals surface area contributed by atoms with E-state index < -0.39 is 6.10 Å². The normalized spacial score (nSPS) is 11.9. The maximum atomic E-state index is 13.3. The summed E-state index contributed by atoms with van der Waals surface area (Å²) in [5.41, 5.74) is 0. The SMILES string of the molecule is CCCCCCCCCCCCCCCCCCNC(=O)COC(CC(=O)NCCCCCCCCCCCCCCCCCC)C(=O)NCCCCCCCCCCCCCCCCCC. The number of unbranched alkanes of at least 4 members (excludes halogenated alkanes) is 45. The third-order valence-corrected chi connectivity index (χ3v) is 14.1. The highest BCUT2D eigenvalue weighted by atomic mass is 16.5. The fourth-order valence-electron chi connectivity index (χ4n) is 9.50. The Labute approximate surface area is 419 Å². The van der Waals surface area contributed by atoms with Gasteiger partial charge in [-0.05, 0) is 19.3 Å². The van der Waals surface area contributed by atoms with Gasteiger partial charge in [-0.15, -0.1) is 0 Å². The van der Waals surface area contributed by atoms with Crippen LogP contribution in [0.15, 0.2) is 0 Å². The quantitative estimate of drug-likeness (QED) is 0.0529. The lowest BCUT2D eigenvalue weighted by molar-refractivity contribution is -0.142. The molecule has 0 saturated carbocycles. The van der Waals surface area contributed by atoms with Crippen LogP contribution in [0.4, 0.5) is 0 Å². The van der Waals surface area contributed by atoms with Crippen molar-refractivity contribution in [3.05, 3.63) is 0 Å². The van der Waals surface area contributed by atoms with Crippen LogP contribution >= 0.6 is 0 Å². The van der Waals surface area contributed by atoms with Crippen molar-refractivity contribution in [1.29, 1.82) is 0 Å². The van der Waals surface area contributed by atoms with Crippen molar-refractivity contribution in [3.63, 3.8) is 0 Å². The first-order valence-corrected chi connectivity index (χ1v) is 30.5. The Morgan fingerprint density at radius 3 is 0.746 bits per heavy atom. The topological polar surface area (TPSA) is 96.5 Å². The minimum atomic E-state index is -0.965. The van der Waals surface area contributed by atoms with Gasteiger partial charge in [-0.2, -0.15) is 0 Å². The molecule has 0 bridgehead atoms. The van der Waals surface area contributed by atoms with Crippen molar-refractivity contribution in [2.45, 2.75) is 341 Å². The molecule has 398 valence electrons. The van der Waals surface area contributed by atoms with Gasteiger partial charge in [-0.25, -0.2) is 0 Å². The first-order chi connectivity index (χ1) is 33.0. The maximum Gasteiger partial charge on any atom is 0.249 e. The summed E-state index contributed by atoms with van der Waals surface area (Å²) >= 11 is 0. The third-order valence-electron chi connectivity index (χ3n) is 14.1. The molecule has 1 atom stereocenters. The molecule has 7 heteroatoms. The van der Waals surface area contributed by atoms with E-state index >= 15 is 0 Å². The van der Waals surface area contributed by atoms with Crippen molar-refractivity contribution < 1.29 is 19.1 Å². The molecule has 0 spiro atoms. The van der Waals surface area contributed by atoms with Crippen molar-refractivity contribution in [2.75, 3.05) is 26.2 Å². The average molecular weight is 947 g/mol. The zero-order chi connectivity index (χ0) is 48.6. The van der Waals surface area contributed by atoms with Crippen LogP contribution in [-0.4, -0.2) is 50.1 Å². The molecule has 1 unspecified atom stereocenters. The number of hydrogen-bond acceptors (Lipinski definition) is 4. The van der Waals surface area contributed by atoms with Gasteiger partial charge in [0.2, 0.25) is 17.7 Å². The highest BCUT2D eigenvalue weighted by molar-refractivity contribution is 5.88. The van der Waals surface area contributed by atoms with Crippen LogP contribution < -0.4 is 16.0 Å². The van der Waals surface area contributed by atoms with Gasteiger partial charge in [0, 0.05) is 19.6 Å². The van der Waals surface area contributed by atoms with E-state index in [1.807, 2.05) is 0 Å². The molecule has 3 amide bonds. The predicted molar refractivity (Wildman–Crippen MR) is 292 cm³/mol. The standard InChI is InChI=1S/C60H119N3O4/c1-4-7-10-13-16-19-22-25-28-31-34-37-40-43-46-49-52-61-58(64)55-57(60(66)63-54-51-48-45-42-39-36-33-30-27-24-21-18-15-12-9-6-3)67-56-59(65)62-53-50-47-44-41-38-35-32-29-26-23-20-17-14-11-8-5-2/h57H,4-56H2,1-3H3,(H,61,64)(H,62,65)(H,63,66). The zero-order valence-electron chi connectivity index (χ0n) is 45.7. The summed E-state index contributed by atoms with van der Waals surface area (Å²) in [5.74, 6) is -0.689. The second kappa shape index (κ2) is 57.0. The first kappa shape index (κ1) is 65.4. The van der Waals surface area contributed by atoms with Crippen LogP contribution in [-0.2, 0) is 19.1 Å². The molecular formula is C60H119N3O4. The van der Waals surface area contributed by atoms with Gasteiger partial charge in [0.05, 0.1) is 6.42 Å². The summed E-state index contributed by atoms with van der Waals surface area (Å²) < 4.78 is 5.86. The first-order valence-electron chi connectivity index (χ1n) is 30.5. The summed E-state index contributed by atoms with van der Waals surface area (Å²) in [6.07, 6.45) is 62.3. The number of carbonyl (C=O) groups is 3. The van der Waals surface area contributed by atoms with E-state index in [2.05, 4.69) is 36.7 Å². The van der Waals surface area contributed by atoms with Crippen LogP contribution in [0.1, 0.15) is 335 Å². The Hall–Kier alpha value is -1.63. The lowest BCUT2D eigenvalue weighted by Gasteiger charge is -2.17. The molecule has 0 heterocycles. The molecule has 0 rings (SSSR count). The fraction of sp³-hybridized carbons (Fsp3) is 0.950. The Morgan fingerprint density at radius 2 is 0.493 bits per heavy atom. The van der Waals surface area contributed by atoms with Crippen molar-refractivity contribution in [1.82, 2.24) is 16.0 Å². The second-order valence-corrected chi connectivity index (χ2v) is 20.9. The number of hydrogen-bond donors (Lipinski definition) is 3. The molecule has 0 aliphatic carbocycles. The summed E-state index contributed by atoms with van der Waals surface area (Å²) in [4.78, 5) is 39.0. The van der Waals surface area contributed by atoms with Gasteiger partial charge < -0.3 is 20.7 Å². The van der Waals surface area contributed by atoms with Gasteiger partial charge >= 0.3 is 0 Å². The second-order valence-electron chi connectivity index (χ2n) is 20.9. The molecule has 0 aromatic heterocycles. The Morgan fingerprint density at radius 1 is 0.284 bits per heavy atom. The number of ether oxygens (including phenoxy) is 1. The van der Waals surface area contributed by atoms with Crippen molar-refractivity contribution in [3.8, 4) is 0 Å². The van der Waals surface area contributed by atoms with Crippen LogP contribution in [0, 0.1) is 0 Å². The number of rotatable bonds is 57. The lowest BCUT2D eigenvalue weighted by Crippen LogP contribution is -2.42. The third kappa shape index (κ3) is 53.6. The van der Waals surface area contributed by atoms with E-state index in [-0.39, 0.29) is 30.7 Å². The molecule has 0 saturated heterocycles. The molecule has 0 fully saturated rings. The van der Waals surface area contributed by atoms with E-state index in [9.17, 15) is 14.4 Å². The molecule has 0 aromatic rings. The molecular weight excluding hydrogens is 827 g/mol. The largest absolute Gasteiger partial charge is 0.358 e. The van der Waals surface area contributed by atoms with Crippen LogP contribution in [0.2, 0.25) is 0 Å². The Kier molecular flexibility index (Phi) is 55.6. The molecule has 7 nitrogen and oxygen atoms in total. The smallest absolute Gasteiger partial charge is 0.249 e. The van der Waals surface area contributed by atoms with Crippen LogP contribution in [0.3, 0.4) is 0 Å². The summed E-state index contributed by atoms with van der Waals surface area (Å²) in [7, 11) is 0. The van der Waals surface area contributed by atoms with E-state index in [1.54, 1.807) is 0 Å². The van der Waals surface area contributed by atoms with E-state index in [0.29, 0.717) is 19.6 Å². The Bertz CT molecular complexity index is 1010. The molecule has 67 heavy (non-hydrogen) atoms. The molecule has 0 radical (unpaired) electrons. The fourth-order valence-corrected chi connectivity index (χ4v) is 9.50. The van der Waals surface area contributed by atoms with Gasteiger partial charge in [0.15, 0.2) is 0 Å². The number of carbonyl (C=O) groups excluding carboxylic acids is 3. The van der Waals surface area contributed by atoms with Gasteiger partial charge in [-0.1, -0.05) is 310 Å². The molecule has 3 N–H and O–H groups in total. The highest BCUT2D eigenvalue weighted by Crippen LogP contribution is 2.17. The average Bonchev–Trinajstić information content (AvgIpc) is 3.33. The van der Waals surface area contributed by atoms with E-state index in [0.717, 1.165) is 38.5 Å². The van der Waals surface area contributed by atoms with Crippen LogP contribution in [0.5, 0.6) is 0 Å². The monoisotopic (exact) mass is 946 g/mol. The summed E-state index contributed by atoms with van der Waals surface area (Å²) in [6.45, 7) is 8.45. The molecule has 0 aliphatic heterocycles. The predicted octanol–water partition coefficient (Wildman–Crippen LogP) is 17.9. The minimum Gasteiger partial charge on any atom is -0.358 e. The van der Waals surface area contributed by atoms with E-state index in [4.69, 9.17) is 4.74 Å². The van der Waals surface area contributed by atoms with Crippen LogP contribution in [0.25, 0.3) is 0 Å². The maximum absolute atomic E-state index is 13.3. The molecule has 0 aliphatic rings. The minimum absolute atomic E-state index is 0.0595. The van der Waals surface area contributed by atoms with Gasteiger partial charge in [-0.3, -0.25) is 14.4 Å². The van der Waals surface area contributed by atoms with Crippen molar-refractivity contribution in [2.24, 2.45) is 0 Å². The zero-order valence-corrected chi connectivity index (χ0v) is 45.7. The lowest BCUT2D eigenvalue weighted by atomic mass is 10.0. The number of nitrogens with one attached hydrogen (secondary N) is 3. The summed E-state index contributed by atoms with van der Waals surface area (Å²) in [5, 5.41) is 9.01. The summed E-state index contributed by atoms with van der Waals surface area (Å²) in [6, 6.07) is 0.